The Morgan fingerprint density at radius 3 is 2.25 bits per heavy atom. The summed E-state index contributed by atoms with van der Waals surface area (Å²) in [6.45, 7) is 14.9. The van der Waals surface area contributed by atoms with E-state index in [1.54, 1.807) is 0 Å². The monoisotopic (exact) mass is 750 g/mol. The Bertz CT molecular complexity index is 3190. The number of nitrogens with zero attached hydrogens (tertiary/aromatic N) is 2. The molecule has 0 spiro atoms. The molecule has 0 amide bonds. The first-order valence-corrected chi connectivity index (χ1v) is 21.2. The zero-order chi connectivity index (χ0) is 38.5. The molecule has 0 saturated carbocycles. The Kier molecular flexibility index (Phi) is 6.66. The van der Waals surface area contributed by atoms with Crippen LogP contribution in [-0.4, -0.2) is 11.3 Å². The van der Waals surface area contributed by atoms with Crippen LogP contribution in [0.3, 0.4) is 0 Å². The standard InChI is InChI=1S/C53H43BN2S/c1-31-27-40-35-19-14-20-38-48(35)56(49-37-18-11-13-22-45(37)57-51(38)49)54-43-26-25-42-46(36-17-10-12-21-41(36)53(42,5)6)50(43)55(44(28-31)47(40)54)30-33-23-24-34(52(2,3)4)29-39(33)32-15-8-7-9-16-32/h7-29H,30H2,1-6H3. The summed E-state index contributed by atoms with van der Waals surface area (Å²) in [6.07, 6.45) is 0. The highest BCUT2D eigenvalue weighted by Crippen LogP contribution is 2.55. The predicted octanol–water partition coefficient (Wildman–Crippen LogP) is 12.9. The van der Waals surface area contributed by atoms with Gasteiger partial charge in [0.05, 0.1) is 10.2 Å². The van der Waals surface area contributed by atoms with Crippen molar-refractivity contribution in [1.29, 1.82) is 0 Å². The highest BCUT2D eigenvalue weighted by molar-refractivity contribution is 7.27. The van der Waals surface area contributed by atoms with Crippen molar-refractivity contribution in [3.8, 4) is 33.4 Å². The molecule has 4 heterocycles. The third-order valence-corrected chi connectivity index (χ3v) is 14.6. The molecule has 2 nitrogen and oxygen atoms in total. The second kappa shape index (κ2) is 11.4. The first-order chi connectivity index (χ1) is 27.6. The van der Waals surface area contributed by atoms with Gasteiger partial charge in [0.2, 0.25) is 0 Å². The SMILES string of the molecule is Cc1cc2c3c(c1)N(Cc1ccc(C(C)(C)C)cc1-c1ccccc1)c1c(ccc4c1-c1ccccc1C4(C)C)B3n1c3c-2cccc3c2sc3ccccc3c21. The molecule has 0 unspecified atom stereocenters. The molecule has 12 rings (SSSR count). The van der Waals surface area contributed by atoms with Gasteiger partial charge >= 0.3 is 6.85 Å². The van der Waals surface area contributed by atoms with Crippen molar-refractivity contribution in [3.05, 3.63) is 167 Å². The van der Waals surface area contributed by atoms with E-state index in [4.69, 9.17) is 0 Å². The molecule has 1 aliphatic carbocycles. The van der Waals surface area contributed by atoms with E-state index >= 15 is 0 Å². The molecule has 7 aromatic carbocycles. The van der Waals surface area contributed by atoms with Crippen molar-refractivity contribution < 1.29 is 0 Å². The van der Waals surface area contributed by atoms with E-state index in [2.05, 4.69) is 190 Å². The van der Waals surface area contributed by atoms with Crippen molar-refractivity contribution in [3.63, 3.8) is 0 Å². The van der Waals surface area contributed by atoms with E-state index in [1.165, 1.54) is 115 Å². The number of thiophene rings is 1. The Balaban J connectivity index is 1.21. The summed E-state index contributed by atoms with van der Waals surface area (Å²) in [5.41, 5.74) is 23.0. The smallest absolute Gasteiger partial charge is 0.333 e. The minimum Gasteiger partial charge on any atom is -0.374 e. The summed E-state index contributed by atoms with van der Waals surface area (Å²) >= 11 is 1.95. The van der Waals surface area contributed by atoms with Crippen molar-refractivity contribution >= 4 is 71.7 Å². The van der Waals surface area contributed by atoms with Gasteiger partial charge in [-0.25, -0.2) is 0 Å². The van der Waals surface area contributed by atoms with Crippen molar-refractivity contribution in [1.82, 2.24) is 4.48 Å². The molecule has 3 aliphatic rings. The molecule has 0 N–H and O–H groups in total. The molecule has 0 saturated heterocycles. The fourth-order valence-corrected chi connectivity index (χ4v) is 12.0. The van der Waals surface area contributed by atoms with E-state index in [-0.39, 0.29) is 17.7 Å². The first-order valence-electron chi connectivity index (χ1n) is 20.4. The fourth-order valence-electron chi connectivity index (χ4n) is 10.8. The molecule has 0 fully saturated rings. The first kappa shape index (κ1) is 33.3. The van der Waals surface area contributed by atoms with Crippen LogP contribution in [0.4, 0.5) is 11.4 Å². The number of para-hydroxylation sites is 1. The number of rotatable bonds is 3. The molecule has 57 heavy (non-hydrogen) atoms. The summed E-state index contributed by atoms with van der Waals surface area (Å²) in [4.78, 5) is 2.73. The molecular formula is C53H43BN2S. The number of hydrogen-bond donors (Lipinski definition) is 0. The zero-order valence-corrected chi connectivity index (χ0v) is 34.2. The molecule has 0 radical (unpaired) electrons. The van der Waals surface area contributed by atoms with E-state index in [9.17, 15) is 0 Å². The lowest BCUT2D eigenvalue weighted by Crippen LogP contribution is -2.57. The fraction of sp³-hybridized carbons (Fsp3) is 0.170. The molecule has 2 aliphatic heterocycles. The minimum absolute atomic E-state index is 0.0211. The molecule has 2 aromatic heterocycles. The van der Waals surface area contributed by atoms with Gasteiger partial charge in [-0.05, 0) is 85.5 Å². The van der Waals surface area contributed by atoms with Gasteiger partial charge in [0.25, 0.3) is 0 Å². The van der Waals surface area contributed by atoms with Crippen molar-refractivity contribution in [2.24, 2.45) is 0 Å². The highest BCUT2D eigenvalue weighted by Gasteiger charge is 2.47. The molecule has 274 valence electrons. The average Bonchev–Trinajstić information content (AvgIpc) is 3.83. The maximum atomic E-state index is 2.75. The molecular weight excluding hydrogens is 707 g/mol. The van der Waals surface area contributed by atoms with Crippen LogP contribution in [0, 0.1) is 6.92 Å². The van der Waals surface area contributed by atoms with Crippen molar-refractivity contribution in [2.75, 3.05) is 4.90 Å². The van der Waals surface area contributed by atoms with Gasteiger partial charge in [-0.2, -0.15) is 0 Å². The number of fused-ring (bicyclic) bond motifs is 13. The normalized spacial score (nSPS) is 14.6. The van der Waals surface area contributed by atoms with Crippen LogP contribution in [0.2, 0.25) is 0 Å². The van der Waals surface area contributed by atoms with Crippen LogP contribution in [0.25, 0.3) is 64.6 Å². The van der Waals surface area contributed by atoms with E-state index in [0.717, 1.165) is 6.54 Å². The van der Waals surface area contributed by atoms with Gasteiger partial charge in [0.15, 0.2) is 0 Å². The lowest BCUT2D eigenvalue weighted by molar-refractivity contribution is 0.590. The van der Waals surface area contributed by atoms with Crippen LogP contribution in [0.1, 0.15) is 62.4 Å². The second-order valence-corrected chi connectivity index (χ2v) is 19.2. The maximum Gasteiger partial charge on any atom is 0.333 e. The minimum atomic E-state index is -0.120. The lowest BCUT2D eigenvalue weighted by Gasteiger charge is -2.42. The summed E-state index contributed by atoms with van der Waals surface area (Å²) in [5.74, 6) is 0. The Hall–Kier alpha value is -5.84. The maximum absolute atomic E-state index is 2.75. The Morgan fingerprint density at radius 2 is 1.40 bits per heavy atom. The number of aromatic nitrogens is 1. The molecule has 4 heteroatoms. The van der Waals surface area contributed by atoms with Crippen LogP contribution in [0.15, 0.2) is 140 Å². The van der Waals surface area contributed by atoms with E-state index in [1.807, 2.05) is 11.3 Å². The van der Waals surface area contributed by atoms with E-state index in [0.29, 0.717) is 0 Å². The number of anilines is 2. The van der Waals surface area contributed by atoms with Crippen LogP contribution in [-0.2, 0) is 17.4 Å². The summed E-state index contributed by atoms with van der Waals surface area (Å²) in [5, 5.41) is 2.71. The van der Waals surface area contributed by atoms with Gasteiger partial charge in [-0.1, -0.05) is 162 Å². The lowest BCUT2D eigenvalue weighted by atomic mass is 9.44. The average molecular weight is 751 g/mol. The van der Waals surface area contributed by atoms with Crippen LogP contribution >= 0.6 is 11.3 Å². The number of benzene rings is 7. The van der Waals surface area contributed by atoms with Gasteiger partial charge in [-0.15, -0.1) is 11.3 Å². The summed E-state index contributed by atoms with van der Waals surface area (Å²) in [7, 11) is 0. The number of hydrogen-bond acceptors (Lipinski definition) is 2. The molecule has 0 atom stereocenters. The van der Waals surface area contributed by atoms with Gasteiger partial charge in [0.1, 0.15) is 0 Å². The van der Waals surface area contributed by atoms with Crippen LogP contribution in [0.5, 0.6) is 0 Å². The topological polar surface area (TPSA) is 8.17 Å². The predicted molar refractivity (Wildman–Crippen MR) is 246 cm³/mol. The Morgan fingerprint density at radius 1 is 0.649 bits per heavy atom. The molecule has 9 aromatic rings. The van der Waals surface area contributed by atoms with Crippen LogP contribution < -0.4 is 15.8 Å². The zero-order valence-electron chi connectivity index (χ0n) is 33.4. The van der Waals surface area contributed by atoms with Crippen molar-refractivity contribution in [2.45, 2.75) is 58.9 Å². The van der Waals surface area contributed by atoms with Gasteiger partial charge < -0.3 is 9.38 Å². The largest absolute Gasteiger partial charge is 0.374 e. The third-order valence-electron chi connectivity index (χ3n) is 13.5. The second-order valence-electron chi connectivity index (χ2n) is 18.2. The number of aryl methyl sites for hydroxylation is 1. The third kappa shape index (κ3) is 4.43. The van der Waals surface area contributed by atoms with Gasteiger partial charge in [0, 0.05) is 55.5 Å². The summed E-state index contributed by atoms with van der Waals surface area (Å²) < 4.78 is 5.49. The Labute approximate surface area is 339 Å². The van der Waals surface area contributed by atoms with Gasteiger partial charge in [-0.3, -0.25) is 0 Å². The quantitative estimate of drug-likeness (QED) is 0.163. The van der Waals surface area contributed by atoms with E-state index < -0.39 is 0 Å². The summed E-state index contributed by atoms with van der Waals surface area (Å²) in [6, 6.07) is 53.5. The highest BCUT2D eigenvalue weighted by atomic mass is 32.1. The molecule has 0 bridgehead atoms.